The summed E-state index contributed by atoms with van der Waals surface area (Å²) in [6.45, 7) is 3.11. The van der Waals surface area contributed by atoms with Crippen LogP contribution in [0.4, 0.5) is 0 Å². The fraction of sp³-hybridized carbons (Fsp3) is 0.167. The molecule has 1 N–H and O–H groups in total. The molecule has 0 heterocycles. The Balaban J connectivity index is 3.19. The van der Waals surface area contributed by atoms with Crippen LogP contribution in [0.1, 0.15) is 18.1 Å². The summed E-state index contributed by atoms with van der Waals surface area (Å²) < 4.78 is 0. The summed E-state index contributed by atoms with van der Waals surface area (Å²) in [5.74, 6) is -1.63. The SMILES string of the molecule is CC(=O)/C(=C/c1ccccc1C)C(=O)O. The van der Waals surface area contributed by atoms with E-state index in [1.165, 1.54) is 13.0 Å². The van der Waals surface area contributed by atoms with Crippen LogP contribution in [0.25, 0.3) is 6.08 Å². The predicted molar refractivity (Wildman–Crippen MR) is 57.5 cm³/mol. The van der Waals surface area contributed by atoms with Crippen molar-refractivity contribution in [2.45, 2.75) is 13.8 Å². The van der Waals surface area contributed by atoms with Crippen LogP contribution in [0, 0.1) is 6.92 Å². The number of aryl methyl sites for hydroxylation is 1. The molecule has 0 atom stereocenters. The fourth-order valence-corrected chi connectivity index (χ4v) is 1.22. The van der Waals surface area contributed by atoms with E-state index in [0.29, 0.717) is 0 Å². The van der Waals surface area contributed by atoms with Gasteiger partial charge in [0.15, 0.2) is 5.78 Å². The number of benzene rings is 1. The first-order valence-corrected chi connectivity index (χ1v) is 4.54. The van der Waals surface area contributed by atoms with Gasteiger partial charge in [-0.25, -0.2) is 4.79 Å². The molecule has 0 aromatic heterocycles. The lowest BCUT2D eigenvalue weighted by Crippen LogP contribution is -2.08. The minimum Gasteiger partial charge on any atom is -0.478 e. The normalized spacial score (nSPS) is 11.2. The number of ketones is 1. The number of carboxylic acids is 1. The molecule has 0 radical (unpaired) electrons. The van der Waals surface area contributed by atoms with Gasteiger partial charge in [-0.15, -0.1) is 0 Å². The molecule has 0 aliphatic heterocycles. The van der Waals surface area contributed by atoms with Gasteiger partial charge < -0.3 is 5.11 Å². The molecule has 3 heteroatoms. The van der Waals surface area contributed by atoms with Crippen LogP contribution in [0.2, 0.25) is 0 Å². The topological polar surface area (TPSA) is 54.4 Å². The maximum Gasteiger partial charge on any atom is 0.339 e. The second-order valence-electron chi connectivity index (χ2n) is 3.28. The summed E-state index contributed by atoms with van der Waals surface area (Å²) >= 11 is 0. The van der Waals surface area contributed by atoms with E-state index in [1.807, 2.05) is 19.1 Å². The Kier molecular flexibility index (Phi) is 3.39. The fourth-order valence-electron chi connectivity index (χ4n) is 1.22. The average Bonchev–Trinajstić information content (AvgIpc) is 2.15. The highest BCUT2D eigenvalue weighted by Crippen LogP contribution is 2.12. The number of Topliss-reactive ketones (excluding diaryl/α,β-unsaturated/α-hetero) is 1. The quantitative estimate of drug-likeness (QED) is 0.465. The highest BCUT2D eigenvalue weighted by Gasteiger charge is 2.12. The van der Waals surface area contributed by atoms with E-state index in [2.05, 4.69) is 0 Å². The molecule has 0 amide bonds. The zero-order valence-corrected chi connectivity index (χ0v) is 8.65. The van der Waals surface area contributed by atoms with Crippen molar-refractivity contribution in [1.82, 2.24) is 0 Å². The molecule has 0 aliphatic rings. The molecule has 0 saturated heterocycles. The summed E-state index contributed by atoms with van der Waals surface area (Å²) in [6, 6.07) is 7.31. The number of carbonyl (C=O) groups excluding carboxylic acids is 1. The maximum atomic E-state index is 11.1. The minimum atomic E-state index is -1.19. The molecule has 0 saturated carbocycles. The monoisotopic (exact) mass is 204 g/mol. The molecular formula is C12H12O3. The molecule has 1 aromatic carbocycles. The Hall–Kier alpha value is -1.90. The molecule has 0 bridgehead atoms. The summed E-state index contributed by atoms with van der Waals surface area (Å²) in [5, 5.41) is 8.81. The van der Waals surface area contributed by atoms with E-state index in [1.54, 1.807) is 12.1 Å². The standard InChI is InChI=1S/C12H12O3/c1-8-5-3-4-6-10(8)7-11(9(2)13)12(14)15/h3-7H,1-2H3,(H,14,15)/b11-7-. The Morgan fingerprint density at radius 1 is 1.27 bits per heavy atom. The third-order valence-corrected chi connectivity index (χ3v) is 2.10. The molecule has 0 spiro atoms. The zero-order valence-electron chi connectivity index (χ0n) is 8.65. The number of hydrogen-bond donors (Lipinski definition) is 1. The van der Waals surface area contributed by atoms with Crippen molar-refractivity contribution in [2.75, 3.05) is 0 Å². The van der Waals surface area contributed by atoms with Crippen LogP contribution in [0.3, 0.4) is 0 Å². The third kappa shape index (κ3) is 2.77. The van der Waals surface area contributed by atoms with Crippen molar-refractivity contribution in [2.24, 2.45) is 0 Å². The number of carbonyl (C=O) groups is 2. The van der Waals surface area contributed by atoms with Crippen molar-refractivity contribution in [3.63, 3.8) is 0 Å². The lowest BCUT2D eigenvalue weighted by Gasteiger charge is -2.01. The molecule has 1 aromatic rings. The Morgan fingerprint density at radius 3 is 2.33 bits per heavy atom. The number of aliphatic carboxylic acids is 1. The second-order valence-corrected chi connectivity index (χ2v) is 3.28. The smallest absolute Gasteiger partial charge is 0.339 e. The average molecular weight is 204 g/mol. The largest absolute Gasteiger partial charge is 0.478 e. The lowest BCUT2D eigenvalue weighted by molar-refractivity contribution is -0.134. The summed E-state index contributed by atoms with van der Waals surface area (Å²) in [6.07, 6.45) is 1.40. The number of hydrogen-bond acceptors (Lipinski definition) is 2. The first-order valence-electron chi connectivity index (χ1n) is 4.54. The number of rotatable bonds is 3. The van der Waals surface area contributed by atoms with E-state index in [0.717, 1.165) is 11.1 Å². The molecular weight excluding hydrogens is 192 g/mol. The molecule has 0 fully saturated rings. The molecule has 3 nitrogen and oxygen atoms in total. The van der Waals surface area contributed by atoms with Crippen LogP contribution in [-0.4, -0.2) is 16.9 Å². The first-order chi connectivity index (χ1) is 7.02. The van der Waals surface area contributed by atoms with Crippen molar-refractivity contribution in [1.29, 1.82) is 0 Å². The van der Waals surface area contributed by atoms with E-state index in [9.17, 15) is 9.59 Å². The van der Waals surface area contributed by atoms with Crippen LogP contribution in [-0.2, 0) is 9.59 Å². The van der Waals surface area contributed by atoms with Gasteiger partial charge in [0.25, 0.3) is 0 Å². The third-order valence-electron chi connectivity index (χ3n) is 2.10. The summed E-state index contributed by atoms with van der Waals surface area (Å²) in [4.78, 5) is 21.8. The molecule has 0 aliphatic carbocycles. The van der Waals surface area contributed by atoms with Crippen LogP contribution in [0.15, 0.2) is 29.8 Å². The van der Waals surface area contributed by atoms with Gasteiger partial charge >= 0.3 is 5.97 Å². The van der Waals surface area contributed by atoms with Gasteiger partial charge in [-0.1, -0.05) is 24.3 Å². The van der Waals surface area contributed by atoms with Gasteiger partial charge in [0, 0.05) is 0 Å². The van der Waals surface area contributed by atoms with Gasteiger partial charge in [0.2, 0.25) is 0 Å². The van der Waals surface area contributed by atoms with E-state index in [4.69, 9.17) is 5.11 Å². The van der Waals surface area contributed by atoms with Crippen molar-refractivity contribution < 1.29 is 14.7 Å². The predicted octanol–water partition coefficient (Wildman–Crippen LogP) is 2.05. The van der Waals surface area contributed by atoms with Crippen molar-refractivity contribution in [3.05, 3.63) is 41.0 Å². The zero-order chi connectivity index (χ0) is 11.4. The van der Waals surface area contributed by atoms with E-state index < -0.39 is 11.8 Å². The molecule has 1 rings (SSSR count). The van der Waals surface area contributed by atoms with Crippen LogP contribution >= 0.6 is 0 Å². The molecule has 0 unspecified atom stereocenters. The van der Waals surface area contributed by atoms with Gasteiger partial charge in [-0.3, -0.25) is 4.79 Å². The highest BCUT2D eigenvalue weighted by atomic mass is 16.4. The van der Waals surface area contributed by atoms with Gasteiger partial charge in [0.1, 0.15) is 5.57 Å². The summed E-state index contributed by atoms with van der Waals surface area (Å²) in [5.41, 5.74) is 1.51. The van der Waals surface area contributed by atoms with Gasteiger partial charge in [-0.2, -0.15) is 0 Å². The number of carboxylic acid groups (broad SMARTS) is 1. The van der Waals surface area contributed by atoms with Crippen LogP contribution < -0.4 is 0 Å². The van der Waals surface area contributed by atoms with Crippen molar-refractivity contribution in [3.8, 4) is 0 Å². The Morgan fingerprint density at radius 2 is 1.87 bits per heavy atom. The minimum absolute atomic E-state index is 0.190. The molecule has 78 valence electrons. The molecule has 15 heavy (non-hydrogen) atoms. The Bertz CT molecular complexity index is 414. The van der Waals surface area contributed by atoms with Gasteiger partial charge in [0.05, 0.1) is 0 Å². The van der Waals surface area contributed by atoms with Crippen molar-refractivity contribution >= 4 is 17.8 Å². The van der Waals surface area contributed by atoms with Crippen LogP contribution in [0.5, 0.6) is 0 Å². The second kappa shape index (κ2) is 4.55. The summed E-state index contributed by atoms with van der Waals surface area (Å²) in [7, 11) is 0. The van der Waals surface area contributed by atoms with Gasteiger partial charge in [-0.05, 0) is 31.1 Å². The van der Waals surface area contributed by atoms with E-state index >= 15 is 0 Å². The maximum absolute atomic E-state index is 11.1. The van der Waals surface area contributed by atoms with E-state index in [-0.39, 0.29) is 5.57 Å². The first kappa shape index (κ1) is 11.2. The lowest BCUT2D eigenvalue weighted by atomic mass is 10.0. The Labute approximate surface area is 88.0 Å². The highest BCUT2D eigenvalue weighted by molar-refractivity contribution is 6.19.